The first-order valence-electron chi connectivity index (χ1n) is 8.65. The number of nitrogens with zero attached hydrogens (tertiary/aromatic N) is 2. The second-order valence-corrected chi connectivity index (χ2v) is 7.31. The molecule has 0 spiro atoms. The van der Waals surface area contributed by atoms with Crippen LogP contribution in [0, 0.1) is 6.92 Å². The number of carbonyl (C=O) groups excluding carboxylic acids is 1. The summed E-state index contributed by atoms with van der Waals surface area (Å²) in [5.74, 6) is 1.23. The van der Waals surface area contributed by atoms with Gasteiger partial charge in [-0.2, -0.15) is 0 Å². The summed E-state index contributed by atoms with van der Waals surface area (Å²) in [6.45, 7) is 2.51. The van der Waals surface area contributed by atoms with E-state index in [1.807, 2.05) is 18.2 Å². The molecule has 1 unspecified atom stereocenters. The molecule has 0 radical (unpaired) electrons. The van der Waals surface area contributed by atoms with Gasteiger partial charge in [0.1, 0.15) is 5.75 Å². The summed E-state index contributed by atoms with van der Waals surface area (Å²) in [5, 5.41) is 10.8. The Balaban J connectivity index is 1.56. The van der Waals surface area contributed by atoms with E-state index in [4.69, 9.17) is 13.9 Å². The summed E-state index contributed by atoms with van der Waals surface area (Å²) in [7, 11) is 1.56. The van der Waals surface area contributed by atoms with E-state index in [1.165, 1.54) is 11.3 Å². The highest BCUT2D eigenvalue weighted by molar-refractivity contribution is 7.14. The fraction of sp³-hybridized carbons (Fsp3) is 0.316. The van der Waals surface area contributed by atoms with Crippen molar-refractivity contribution in [3.8, 4) is 17.2 Å². The number of anilines is 1. The Hall–Kier alpha value is -2.71. The SMILES string of the molecule is COc1ccc(-c2nnc(C)o2)cc1NC(=O)c1ccc(C2CCCO2)s1. The Labute approximate surface area is 160 Å². The molecule has 140 valence electrons. The maximum atomic E-state index is 12.7. The topological polar surface area (TPSA) is 86.5 Å². The van der Waals surface area contributed by atoms with Crippen LogP contribution in [-0.4, -0.2) is 29.8 Å². The number of ether oxygens (including phenoxy) is 2. The Morgan fingerprint density at radius 2 is 2.19 bits per heavy atom. The first-order chi connectivity index (χ1) is 13.1. The fourth-order valence-corrected chi connectivity index (χ4v) is 3.97. The van der Waals surface area contributed by atoms with Crippen molar-refractivity contribution in [2.75, 3.05) is 19.0 Å². The standard InChI is InChI=1S/C19H19N3O4S/c1-11-21-22-19(26-11)12-5-6-14(24-2)13(10-12)20-18(23)17-8-7-16(27-17)15-4-3-9-25-15/h5-8,10,15H,3-4,9H2,1-2H3,(H,20,23). The minimum Gasteiger partial charge on any atom is -0.495 e. The van der Waals surface area contributed by atoms with E-state index in [0.29, 0.717) is 33.7 Å². The summed E-state index contributed by atoms with van der Waals surface area (Å²) < 4.78 is 16.5. The average Bonchev–Trinajstić information content (AvgIpc) is 3.42. The van der Waals surface area contributed by atoms with E-state index in [1.54, 1.807) is 26.2 Å². The molecule has 0 bridgehead atoms. The predicted molar refractivity (Wildman–Crippen MR) is 101 cm³/mol. The number of rotatable bonds is 5. The molecule has 1 aliphatic rings. The Morgan fingerprint density at radius 3 is 2.89 bits per heavy atom. The van der Waals surface area contributed by atoms with E-state index >= 15 is 0 Å². The maximum absolute atomic E-state index is 12.7. The number of nitrogens with one attached hydrogen (secondary N) is 1. The predicted octanol–water partition coefficient (Wildman–Crippen LogP) is 4.22. The van der Waals surface area contributed by atoms with Crippen molar-refractivity contribution in [1.29, 1.82) is 0 Å². The summed E-state index contributed by atoms with van der Waals surface area (Å²) in [6.07, 6.45) is 2.17. The van der Waals surface area contributed by atoms with Crippen LogP contribution in [0.1, 0.15) is 39.4 Å². The van der Waals surface area contributed by atoms with Gasteiger partial charge in [0.05, 0.1) is 23.8 Å². The molecule has 3 heterocycles. The van der Waals surface area contributed by atoms with E-state index in [9.17, 15) is 4.79 Å². The quantitative estimate of drug-likeness (QED) is 0.708. The highest BCUT2D eigenvalue weighted by Gasteiger charge is 2.21. The van der Waals surface area contributed by atoms with Crippen LogP contribution < -0.4 is 10.1 Å². The van der Waals surface area contributed by atoms with Gasteiger partial charge in [-0.3, -0.25) is 4.79 Å². The Bertz CT molecular complexity index is 960. The molecule has 0 saturated carbocycles. The number of aromatic nitrogens is 2. The van der Waals surface area contributed by atoms with Crippen molar-refractivity contribution in [3.63, 3.8) is 0 Å². The van der Waals surface area contributed by atoms with E-state index < -0.39 is 0 Å². The summed E-state index contributed by atoms with van der Waals surface area (Å²) in [6, 6.07) is 9.12. The smallest absolute Gasteiger partial charge is 0.265 e. The molecule has 0 aliphatic carbocycles. The Kier molecular flexibility index (Phi) is 4.91. The van der Waals surface area contributed by atoms with Crippen LogP contribution in [0.25, 0.3) is 11.5 Å². The normalized spacial score (nSPS) is 16.4. The fourth-order valence-electron chi connectivity index (χ4n) is 2.99. The van der Waals surface area contributed by atoms with Gasteiger partial charge in [0.2, 0.25) is 11.8 Å². The minimum atomic E-state index is -0.193. The molecule has 4 rings (SSSR count). The van der Waals surface area contributed by atoms with Gasteiger partial charge >= 0.3 is 0 Å². The molecule has 1 fully saturated rings. The summed E-state index contributed by atoms with van der Waals surface area (Å²) in [4.78, 5) is 14.4. The molecular weight excluding hydrogens is 366 g/mol. The molecule has 2 aromatic heterocycles. The Morgan fingerprint density at radius 1 is 1.30 bits per heavy atom. The minimum absolute atomic E-state index is 0.107. The van der Waals surface area contributed by atoms with Crippen LogP contribution in [0.15, 0.2) is 34.7 Å². The maximum Gasteiger partial charge on any atom is 0.265 e. The van der Waals surface area contributed by atoms with Crippen LogP contribution >= 0.6 is 11.3 Å². The molecular formula is C19H19N3O4S. The molecule has 1 atom stereocenters. The van der Waals surface area contributed by atoms with Gasteiger partial charge < -0.3 is 19.2 Å². The van der Waals surface area contributed by atoms with Gasteiger partial charge in [-0.1, -0.05) is 0 Å². The van der Waals surface area contributed by atoms with E-state index in [2.05, 4.69) is 15.5 Å². The first kappa shape index (κ1) is 17.7. The van der Waals surface area contributed by atoms with Crippen LogP contribution in [0.2, 0.25) is 0 Å². The number of methoxy groups -OCH3 is 1. The third-order valence-corrected chi connectivity index (χ3v) is 5.49. The molecule has 1 N–H and O–H groups in total. The molecule has 8 heteroatoms. The number of hydrogen-bond donors (Lipinski definition) is 1. The molecule has 27 heavy (non-hydrogen) atoms. The first-order valence-corrected chi connectivity index (χ1v) is 9.47. The summed E-state index contributed by atoms with van der Waals surface area (Å²) >= 11 is 1.46. The van der Waals surface area contributed by atoms with Gasteiger partial charge in [0.25, 0.3) is 5.91 Å². The van der Waals surface area contributed by atoms with Crippen molar-refractivity contribution in [2.45, 2.75) is 25.9 Å². The second-order valence-electron chi connectivity index (χ2n) is 6.20. The zero-order valence-corrected chi connectivity index (χ0v) is 15.8. The molecule has 1 saturated heterocycles. The molecule has 1 aliphatic heterocycles. The highest BCUT2D eigenvalue weighted by Crippen LogP contribution is 2.34. The van der Waals surface area contributed by atoms with Gasteiger partial charge in [-0.15, -0.1) is 21.5 Å². The van der Waals surface area contributed by atoms with Gasteiger partial charge in [-0.05, 0) is 43.2 Å². The summed E-state index contributed by atoms with van der Waals surface area (Å²) in [5.41, 5.74) is 1.25. The van der Waals surface area contributed by atoms with Crippen molar-refractivity contribution in [2.24, 2.45) is 0 Å². The molecule has 1 amide bonds. The molecule has 3 aromatic rings. The molecule has 1 aromatic carbocycles. The van der Waals surface area contributed by atoms with Crippen LogP contribution in [0.3, 0.4) is 0 Å². The second kappa shape index (κ2) is 7.50. The third-order valence-electron chi connectivity index (χ3n) is 4.32. The highest BCUT2D eigenvalue weighted by atomic mass is 32.1. The number of amides is 1. The van der Waals surface area contributed by atoms with Gasteiger partial charge in [-0.25, -0.2) is 0 Å². The van der Waals surface area contributed by atoms with Crippen molar-refractivity contribution in [1.82, 2.24) is 10.2 Å². The number of thiophene rings is 1. The lowest BCUT2D eigenvalue weighted by Crippen LogP contribution is -2.11. The zero-order chi connectivity index (χ0) is 18.8. The number of aryl methyl sites for hydroxylation is 1. The van der Waals surface area contributed by atoms with E-state index in [-0.39, 0.29) is 12.0 Å². The number of hydrogen-bond acceptors (Lipinski definition) is 7. The average molecular weight is 385 g/mol. The monoisotopic (exact) mass is 385 g/mol. The van der Waals surface area contributed by atoms with Crippen molar-refractivity contribution in [3.05, 3.63) is 46.0 Å². The van der Waals surface area contributed by atoms with Crippen LogP contribution in [0.4, 0.5) is 5.69 Å². The number of benzene rings is 1. The lowest BCUT2D eigenvalue weighted by Gasteiger charge is -2.10. The zero-order valence-electron chi connectivity index (χ0n) is 15.0. The third kappa shape index (κ3) is 3.72. The number of carbonyl (C=O) groups is 1. The van der Waals surface area contributed by atoms with Gasteiger partial charge in [0.15, 0.2) is 0 Å². The van der Waals surface area contributed by atoms with Crippen molar-refractivity contribution >= 4 is 22.9 Å². The van der Waals surface area contributed by atoms with Gasteiger partial charge in [0, 0.05) is 24.0 Å². The van der Waals surface area contributed by atoms with Crippen LogP contribution in [-0.2, 0) is 4.74 Å². The van der Waals surface area contributed by atoms with Crippen molar-refractivity contribution < 1.29 is 18.7 Å². The lowest BCUT2D eigenvalue weighted by atomic mass is 10.2. The van der Waals surface area contributed by atoms with E-state index in [0.717, 1.165) is 24.3 Å². The largest absolute Gasteiger partial charge is 0.495 e. The van der Waals surface area contributed by atoms with Crippen LogP contribution in [0.5, 0.6) is 5.75 Å². The lowest BCUT2D eigenvalue weighted by molar-refractivity contribution is 0.103. The molecule has 7 nitrogen and oxygen atoms in total.